The van der Waals surface area contributed by atoms with E-state index in [1.54, 1.807) is 17.1 Å². The molecule has 1 aliphatic carbocycles. The van der Waals surface area contributed by atoms with E-state index in [9.17, 15) is 10.1 Å². The van der Waals surface area contributed by atoms with Crippen LogP contribution in [-0.2, 0) is 16.0 Å². The van der Waals surface area contributed by atoms with E-state index >= 15 is 0 Å². The van der Waals surface area contributed by atoms with Crippen molar-refractivity contribution in [1.29, 1.82) is 5.26 Å². The maximum atomic E-state index is 13.6. The van der Waals surface area contributed by atoms with Gasteiger partial charge in [-0.25, -0.2) is 4.68 Å². The molecule has 1 aromatic heterocycles. The molecule has 10 heteroatoms. The second-order valence-corrected chi connectivity index (χ2v) is 10.1. The molecule has 3 aromatic rings. The number of piperazine rings is 1. The molecule has 2 fully saturated rings. The summed E-state index contributed by atoms with van der Waals surface area (Å²) in [5, 5.41) is 21.3. The summed E-state index contributed by atoms with van der Waals surface area (Å²) < 4.78 is 7.90. The van der Waals surface area contributed by atoms with Crippen LogP contribution in [0.2, 0.25) is 5.02 Å². The van der Waals surface area contributed by atoms with E-state index in [0.717, 1.165) is 48.3 Å². The van der Waals surface area contributed by atoms with Gasteiger partial charge in [-0.1, -0.05) is 23.7 Å². The summed E-state index contributed by atoms with van der Waals surface area (Å²) in [7, 11) is 0. The molecular weight excluding hydrogens is 478 g/mol. The standard InChI is InChI=1S/C26H26ClN7O2/c1-16-20(6-7-24(27)23(16)11-28)25-13-32-8-9-33(12-19(32)14-36-25)26(35)22-4-2-17-10-18(3-5-21(17)22)34-15-29-30-31-34/h3,5-7,10,15,19,22,25H,2,4,8-9,12-14H2,1H3/t19-,22?,25?/m0/s1. The lowest BCUT2D eigenvalue weighted by atomic mass is 9.95. The van der Waals surface area contributed by atoms with E-state index in [2.05, 4.69) is 38.6 Å². The second-order valence-electron chi connectivity index (χ2n) is 9.73. The van der Waals surface area contributed by atoms with Crippen LogP contribution >= 0.6 is 11.6 Å². The van der Waals surface area contributed by atoms with Gasteiger partial charge in [-0.05, 0) is 70.6 Å². The Morgan fingerprint density at radius 2 is 2.06 bits per heavy atom. The van der Waals surface area contributed by atoms with Crippen LogP contribution in [0, 0.1) is 18.3 Å². The topological polar surface area (TPSA) is 100 Å². The number of fused-ring (bicyclic) bond motifs is 2. The van der Waals surface area contributed by atoms with Crippen molar-refractivity contribution >= 4 is 17.5 Å². The molecule has 0 spiro atoms. The predicted octanol–water partition coefficient (Wildman–Crippen LogP) is 2.81. The van der Waals surface area contributed by atoms with Crippen molar-refractivity contribution in [2.24, 2.45) is 0 Å². The maximum Gasteiger partial charge on any atom is 0.230 e. The van der Waals surface area contributed by atoms with Gasteiger partial charge in [-0.2, -0.15) is 5.26 Å². The van der Waals surface area contributed by atoms with Gasteiger partial charge in [-0.15, -0.1) is 5.10 Å². The molecule has 184 valence electrons. The normalized spacial score (nSPS) is 23.7. The van der Waals surface area contributed by atoms with Gasteiger partial charge >= 0.3 is 0 Å². The molecule has 3 atom stereocenters. The molecular formula is C26H26ClN7O2. The highest BCUT2D eigenvalue weighted by Crippen LogP contribution is 2.37. The molecule has 2 unspecified atom stereocenters. The number of ether oxygens (including phenoxy) is 1. The Bertz CT molecular complexity index is 1350. The van der Waals surface area contributed by atoms with Crippen LogP contribution in [0.15, 0.2) is 36.7 Å². The number of aromatic nitrogens is 4. The molecule has 3 heterocycles. The lowest BCUT2D eigenvalue weighted by molar-refractivity contribution is -0.141. The van der Waals surface area contributed by atoms with E-state index in [4.69, 9.17) is 16.3 Å². The third kappa shape index (κ3) is 3.95. The average molecular weight is 504 g/mol. The minimum Gasteiger partial charge on any atom is -0.370 e. The number of benzene rings is 2. The van der Waals surface area contributed by atoms with Crippen LogP contribution in [0.25, 0.3) is 5.69 Å². The van der Waals surface area contributed by atoms with Gasteiger partial charge in [0.25, 0.3) is 0 Å². The highest BCUT2D eigenvalue weighted by Gasteiger charge is 2.39. The first-order valence-electron chi connectivity index (χ1n) is 12.2. The molecule has 3 aliphatic rings. The lowest BCUT2D eigenvalue weighted by Crippen LogP contribution is -2.60. The number of amides is 1. The van der Waals surface area contributed by atoms with Crippen LogP contribution in [0.1, 0.15) is 46.3 Å². The summed E-state index contributed by atoms with van der Waals surface area (Å²) in [6.07, 6.45) is 3.17. The van der Waals surface area contributed by atoms with Gasteiger partial charge in [0.2, 0.25) is 5.91 Å². The number of rotatable bonds is 3. The summed E-state index contributed by atoms with van der Waals surface area (Å²) in [4.78, 5) is 18.0. The molecule has 2 aromatic carbocycles. The molecule has 0 saturated carbocycles. The van der Waals surface area contributed by atoms with Crippen molar-refractivity contribution in [2.75, 3.05) is 32.8 Å². The highest BCUT2D eigenvalue weighted by atomic mass is 35.5. The van der Waals surface area contributed by atoms with E-state index < -0.39 is 0 Å². The van der Waals surface area contributed by atoms with Gasteiger partial charge in [0.05, 0.1) is 40.9 Å². The summed E-state index contributed by atoms with van der Waals surface area (Å²) in [5.41, 5.74) is 5.62. The van der Waals surface area contributed by atoms with Crippen molar-refractivity contribution in [3.05, 3.63) is 69.5 Å². The van der Waals surface area contributed by atoms with Crippen molar-refractivity contribution in [3.8, 4) is 11.8 Å². The first-order valence-corrected chi connectivity index (χ1v) is 12.6. The van der Waals surface area contributed by atoms with Gasteiger partial charge in [0.1, 0.15) is 12.4 Å². The first kappa shape index (κ1) is 23.1. The Balaban J connectivity index is 1.12. The zero-order chi connectivity index (χ0) is 24.8. The largest absolute Gasteiger partial charge is 0.370 e. The Labute approximate surface area is 214 Å². The third-order valence-electron chi connectivity index (χ3n) is 7.84. The zero-order valence-corrected chi connectivity index (χ0v) is 20.7. The molecule has 1 amide bonds. The van der Waals surface area contributed by atoms with E-state index in [1.807, 2.05) is 24.0 Å². The molecule has 6 rings (SSSR count). The Morgan fingerprint density at radius 3 is 2.86 bits per heavy atom. The number of hydrogen-bond acceptors (Lipinski definition) is 7. The third-order valence-corrected chi connectivity index (χ3v) is 8.15. The number of carbonyl (C=O) groups is 1. The molecule has 0 bridgehead atoms. The monoisotopic (exact) mass is 503 g/mol. The highest BCUT2D eigenvalue weighted by molar-refractivity contribution is 6.31. The Hall–Kier alpha value is -3.32. The minimum absolute atomic E-state index is 0.104. The second kappa shape index (κ2) is 9.28. The fourth-order valence-corrected chi connectivity index (χ4v) is 6.10. The minimum atomic E-state index is -0.107. The number of nitrogens with zero attached hydrogens (tertiary/aromatic N) is 7. The summed E-state index contributed by atoms with van der Waals surface area (Å²) in [6, 6.07) is 12.2. The van der Waals surface area contributed by atoms with Crippen molar-refractivity contribution in [2.45, 2.75) is 37.8 Å². The molecule has 36 heavy (non-hydrogen) atoms. The number of morpholine rings is 1. The lowest BCUT2D eigenvalue weighted by Gasteiger charge is -2.46. The maximum absolute atomic E-state index is 13.6. The molecule has 0 radical (unpaired) electrons. The van der Waals surface area contributed by atoms with Crippen molar-refractivity contribution in [1.82, 2.24) is 30.0 Å². The van der Waals surface area contributed by atoms with E-state index in [-0.39, 0.29) is 24.0 Å². The summed E-state index contributed by atoms with van der Waals surface area (Å²) in [6.45, 7) is 5.41. The van der Waals surface area contributed by atoms with E-state index in [0.29, 0.717) is 30.3 Å². The van der Waals surface area contributed by atoms with Crippen LogP contribution in [0.3, 0.4) is 0 Å². The van der Waals surface area contributed by atoms with Crippen molar-refractivity contribution < 1.29 is 9.53 Å². The number of tetrazole rings is 1. The SMILES string of the molecule is Cc1c(C2CN3CCN(C(=O)C4CCc5cc(-n6cnnn6)ccc54)C[C@H]3CO2)ccc(Cl)c1C#N. The molecule has 2 aliphatic heterocycles. The quantitative estimate of drug-likeness (QED) is 0.541. The van der Waals surface area contributed by atoms with Crippen LogP contribution in [-0.4, -0.2) is 74.7 Å². The van der Waals surface area contributed by atoms with Gasteiger partial charge in [0, 0.05) is 26.2 Å². The Morgan fingerprint density at radius 1 is 1.19 bits per heavy atom. The van der Waals surface area contributed by atoms with Crippen LogP contribution in [0.4, 0.5) is 0 Å². The molecule has 2 saturated heterocycles. The van der Waals surface area contributed by atoms with Gasteiger partial charge in [0.15, 0.2) is 0 Å². The number of nitriles is 1. The first-order chi connectivity index (χ1) is 17.5. The van der Waals surface area contributed by atoms with Crippen molar-refractivity contribution in [3.63, 3.8) is 0 Å². The number of carbonyl (C=O) groups excluding carboxylic acids is 1. The van der Waals surface area contributed by atoms with Crippen LogP contribution in [0.5, 0.6) is 0 Å². The number of hydrogen-bond donors (Lipinski definition) is 0. The van der Waals surface area contributed by atoms with Crippen LogP contribution < -0.4 is 0 Å². The fraction of sp³-hybridized carbons (Fsp3) is 0.423. The van der Waals surface area contributed by atoms with Gasteiger partial charge in [-0.3, -0.25) is 9.69 Å². The van der Waals surface area contributed by atoms with E-state index in [1.165, 1.54) is 5.56 Å². The van der Waals surface area contributed by atoms with Gasteiger partial charge < -0.3 is 9.64 Å². The number of halogens is 1. The fourth-order valence-electron chi connectivity index (χ4n) is 5.86. The average Bonchev–Trinajstić information content (AvgIpc) is 3.58. The summed E-state index contributed by atoms with van der Waals surface area (Å²) >= 11 is 6.19. The smallest absolute Gasteiger partial charge is 0.230 e. The Kier molecular flexibility index (Phi) is 5.96. The molecule has 9 nitrogen and oxygen atoms in total. The predicted molar refractivity (Wildman–Crippen MR) is 132 cm³/mol. The number of aryl methyl sites for hydroxylation is 1. The summed E-state index contributed by atoms with van der Waals surface area (Å²) in [5.74, 6) is 0.103. The molecule has 0 N–H and O–H groups in total. The zero-order valence-electron chi connectivity index (χ0n) is 20.0.